The molecule has 6 aromatic rings. The number of pyridine rings is 2. The van der Waals surface area contributed by atoms with Gasteiger partial charge in [-0.15, -0.1) is 0 Å². The van der Waals surface area contributed by atoms with Crippen molar-refractivity contribution in [1.29, 1.82) is 0 Å². The zero-order valence-electron chi connectivity index (χ0n) is 19.8. The van der Waals surface area contributed by atoms with Crippen molar-refractivity contribution in [3.63, 3.8) is 0 Å². The molecule has 1 unspecified atom stereocenters. The number of para-hydroxylation sites is 2. The Balaban J connectivity index is 1.40. The van der Waals surface area contributed by atoms with Gasteiger partial charge in [0.25, 0.3) is 0 Å². The molecule has 0 aliphatic rings. The van der Waals surface area contributed by atoms with Crippen LogP contribution in [0.3, 0.4) is 0 Å². The van der Waals surface area contributed by atoms with E-state index in [9.17, 15) is 0 Å². The minimum absolute atomic E-state index is 0.183. The summed E-state index contributed by atoms with van der Waals surface area (Å²) < 4.78 is 0. The molecule has 0 spiro atoms. The van der Waals surface area contributed by atoms with Crippen molar-refractivity contribution in [3.05, 3.63) is 132 Å². The Morgan fingerprint density at radius 2 is 1.06 bits per heavy atom. The van der Waals surface area contributed by atoms with Gasteiger partial charge in [-0.3, -0.25) is 14.9 Å². The summed E-state index contributed by atoms with van der Waals surface area (Å²) in [7, 11) is 0. The number of hydrogen-bond acceptors (Lipinski definition) is 3. The third-order valence-electron chi connectivity index (χ3n) is 6.86. The summed E-state index contributed by atoms with van der Waals surface area (Å²) in [4.78, 5) is 12.4. The van der Waals surface area contributed by atoms with Crippen molar-refractivity contribution in [3.8, 4) is 0 Å². The first-order chi connectivity index (χ1) is 17.2. The van der Waals surface area contributed by atoms with E-state index in [1.165, 1.54) is 27.1 Å². The minimum Gasteiger partial charge on any atom is -0.285 e. The fourth-order valence-electron chi connectivity index (χ4n) is 4.95. The number of fused-ring (bicyclic) bond motifs is 3. The Morgan fingerprint density at radius 1 is 0.543 bits per heavy atom. The maximum absolute atomic E-state index is 4.98. The lowest BCUT2D eigenvalue weighted by Crippen LogP contribution is -2.27. The number of benzene rings is 4. The Labute approximate surface area is 205 Å². The first kappa shape index (κ1) is 21.5. The zero-order valence-corrected chi connectivity index (χ0v) is 19.8. The van der Waals surface area contributed by atoms with E-state index in [4.69, 9.17) is 9.97 Å². The largest absolute Gasteiger partial charge is 0.285 e. The molecule has 0 saturated carbocycles. The second-order valence-corrected chi connectivity index (χ2v) is 9.14. The molecule has 2 heterocycles. The molecule has 4 aromatic carbocycles. The van der Waals surface area contributed by atoms with Crippen molar-refractivity contribution < 1.29 is 0 Å². The Bertz CT molecular complexity index is 1550. The summed E-state index contributed by atoms with van der Waals surface area (Å²) >= 11 is 0. The van der Waals surface area contributed by atoms with Crippen LogP contribution in [0.15, 0.2) is 115 Å². The van der Waals surface area contributed by atoms with Crippen LogP contribution in [0.2, 0.25) is 0 Å². The minimum atomic E-state index is 0.183. The molecule has 0 aliphatic carbocycles. The van der Waals surface area contributed by atoms with Crippen molar-refractivity contribution in [2.24, 2.45) is 0 Å². The van der Waals surface area contributed by atoms with Gasteiger partial charge in [-0.2, -0.15) is 0 Å². The lowest BCUT2D eigenvalue weighted by atomic mass is 9.98. The predicted molar refractivity (Wildman–Crippen MR) is 145 cm³/mol. The Hall–Kier alpha value is -4.08. The molecular weight excluding hydrogens is 426 g/mol. The molecule has 0 radical (unpaired) electrons. The van der Waals surface area contributed by atoms with E-state index in [1.54, 1.807) is 0 Å². The quantitative estimate of drug-likeness (QED) is 0.259. The molecule has 0 fully saturated rings. The molecule has 35 heavy (non-hydrogen) atoms. The Kier molecular flexibility index (Phi) is 5.69. The highest BCUT2D eigenvalue weighted by molar-refractivity contribution is 5.86. The third-order valence-corrected chi connectivity index (χ3v) is 6.86. The maximum Gasteiger partial charge on any atom is 0.0705 e. The fraction of sp³-hybridized carbons (Fsp3) is 0.125. The molecule has 0 bridgehead atoms. The van der Waals surface area contributed by atoms with E-state index in [0.717, 1.165) is 35.5 Å². The maximum atomic E-state index is 4.98. The van der Waals surface area contributed by atoms with Crippen molar-refractivity contribution >= 4 is 32.6 Å². The monoisotopic (exact) mass is 453 g/mol. The summed E-state index contributed by atoms with van der Waals surface area (Å²) in [5.41, 5.74) is 5.52. The first-order valence-corrected chi connectivity index (χ1v) is 12.2. The molecule has 2 aromatic heterocycles. The van der Waals surface area contributed by atoms with Crippen molar-refractivity contribution in [2.45, 2.75) is 26.1 Å². The van der Waals surface area contributed by atoms with Crippen LogP contribution >= 0.6 is 0 Å². The SMILES string of the molecule is CC(c1cccc2ccccc12)N(Cc1ccc2ccccc2n1)Cc1ccc2ccccc2n1. The second kappa shape index (κ2) is 9.28. The van der Waals surface area contributed by atoms with Crippen molar-refractivity contribution in [1.82, 2.24) is 14.9 Å². The van der Waals surface area contributed by atoms with Crippen LogP contribution in [0.4, 0.5) is 0 Å². The second-order valence-electron chi connectivity index (χ2n) is 9.14. The number of hydrogen-bond donors (Lipinski definition) is 0. The summed E-state index contributed by atoms with van der Waals surface area (Å²) in [5, 5.41) is 4.90. The van der Waals surface area contributed by atoms with Gasteiger partial charge < -0.3 is 0 Å². The van der Waals surface area contributed by atoms with Crippen LogP contribution in [0.1, 0.15) is 29.9 Å². The summed E-state index contributed by atoms with van der Waals surface area (Å²) in [6.07, 6.45) is 0. The van der Waals surface area contributed by atoms with E-state index in [1.807, 2.05) is 0 Å². The van der Waals surface area contributed by atoms with Gasteiger partial charge in [-0.1, -0.05) is 91.0 Å². The summed E-state index contributed by atoms with van der Waals surface area (Å²) in [6, 6.07) is 40.7. The van der Waals surface area contributed by atoms with Gasteiger partial charge in [-0.05, 0) is 47.5 Å². The third kappa shape index (κ3) is 4.39. The van der Waals surface area contributed by atoms with E-state index in [2.05, 4.69) is 127 Å². The predicted octanol–water partition coefficient (Wildman–Crippen LogP) is 7.70. The van der Waals surface area contributed by atoms with Crippen molar-refractivity contribution in [2.75, 3.05) is 0 Å². The highest BCUT2D eigenvalue weighted by atomic mass is 15.2. The van der Waals surface area contributed by atoms with Gasteiger partial charge in [0.05, 0.1) is 22.4 Å². The van der Waals surface area contributed by atoms with Gasteiger partial charge in [0.15, 0.2) is 0 Å². The van der Waals surface area contributed by atoms with Gasteiger partial charge in [0.2, 0.25) is 0 Å². The molecule has 170 valence electrons. The van der Waals surface area contributed by atoms with Crippen LogP contribution < -0.4 is 0 Å². The van der Waals surface area contributed by atoms with E-state index >= 15 is 0 Å². The van der Waals surface area contributed by atoms with Crippen LogP contribution in [-0.2, 0) is 13.1 Å². The van der Waals surface area contributed by atoms with Gasteiger partial charge in [-0.25, -0.2) is 0 Å². The summed E-state index contributed by atoms with van der Waals surface area (Å²) in [5.74, 6) is 0. The molecule has 3 heteroatoms. The molecule has 1 atom stereocenters. The lowest BCUT2D eigenvalue weighted by Gasteiger charge is -2.30. The zero-order chi connectivity index (χ0) is 23.6. The molecule has 3 nitrogen and oxygen atoms in total. The number of rotatable bonds is 6. The average Bonchev–Trinajstić information content (AvgIpc) is 2.92. The topological polar surface area (TPSA) is 29.0 Å². The average molecular weight is 454 g/mol. The normalized spacial score (nSPS) is 12.5. The van der Waals surface area contributed by atoms with E-state index in [0.29, 0.717) is 0 Å². The van der Waals surface area contributed by atoms with Crippen LogP contribution in [0.5, 0.6) is 0 Å². The highest BCUT2D eigenvalue weighted by Gasteiger charge is 2.20. The molecule has 0 N–H and O–H groups in total. The van der Waals surface area contributed by atoms with Crippen LogP contribution in [0, 0.1) is 0 Å². The summed E-state index contributed by atoms with van der Waals surface area (Å²) in [6.45, 7) is 3.78. The lowest BCUT2D eigenvalue weighted by molar-refractivity contribution is 0.189. The highest BCUT2D eigenvalue weighted by Crippen LogP contribution is 2.30. The fourth-order valence-corrected chi connectivity index (χ4v) is 4.95. The number of aromatic nitrogens is 2. The van der Waals surface area contributed by atoms with Gasteiger partial charge >= 0.3 is 0 Å². The van der Waals surface area contributed by atoms with Gasteiger partial charge in [0, 0.05) is 29.9 Å². The Morgan fingerprint density at radius 3 is 1.69 bits per heavy atom. The molecule has 0 aliphatic heterocycles. The van der Waals surface area contributed by atoms with E-state index < -0.39 is 0 Å². The molecule has 0 amide bonds. The molecule has 6 rings (SSSR count). The smallest absolute Gasteiger partial charge is 0.0705 e. The number of nitrogens with zero attached hydrogens (tertiary/aromatic N) is 3. The van der Waals surface area contributed by atoms with Gasteiger partial charge in [0.1, 0.15) is 0 Å². The van der Waals surface area contributed by atoms with Crippen LogP contribution in [0.25, 0.3) is 32.6 Å². The first-order valence-electron chi connectivity index (χ1n) is 12.2. The standard InChI is InChI=1S/C32H27N3/c1-23(29-14-8-12-24-9-2-5-13-30(24)29)35(21-27-19-17-25-10-3-6-15-31(25)33-27)22-28-20-18-26-11-4-7-16-32(26)34-28/h2-20,23H,21-22H2,1H3. The molecular formula is C32H27N3. The van der Waals surface area contributed by atoms with E-state index in [-0.39, 0.29) is 6.04 Å². The van der Waals surface area contributed by atoms with Crippen LogP contribution in [-0.4, -0.2) is 14.9 Å². The molecule has 0 saturated heterocycles.